The summed E-state index contributed by atoms with van der Waals surface area (Å²) in [6.07, 6.45) is 2.49. The van der Waals surface area contributed by atoms with Crippen LogP contribution in [0.3, 0.4) is 0 Å². The van der Waals surface area contributed by atoms with Crippen LogP contribution in [0.4, 0.5) is 25.2 Å². The number of rotatable bonds is 7. The molecule has 0 spiro atoms. The van der Waals surface area contributed by atoms with Crippen molar-refractivity contribution in [1.29, 1.82) is 0 Å². The number of nitrogens with one attached hydrogen (secondary N) is 1. The van der Waals surface area contributed by atoms with E-state index in [1.807, 2.05) is 6.92 Å². The number of anilines is 2. The second-order valence-corrected chi connectivity index (χ2v) is 8.19. The van der Waals surface area contributed by atoms with Gasteiger partial charge in [-0.15, -0.1) is 0 Å². The lowest BCUT2D eigenvalue weighted by molar-refractivity contribution is 0.0493. The van der Waals surface area contributed by atoms with Crippen LogP contribution < -0.4 is 10.1 Å². The van der Waals surface area contributed by atoms with Crippen molar-refractivity contribution in [3.63, 3.8) is 0 Å². The fraction of sp³-hybridized carbons (Fsp3) is 0.318. The first-order chi connectivity index (χ1) is 16.8. The highest BCUT2D eigenvalue weighted by Gasteiger charge is 2.33. The first kappa shape index (κ1) is 22.5. The number of fused-ring (bicyclic) bond motifs is 1. The topological polar surface area (TPSA) is 123 Å². The Labute approximate surface area is 198 Å². The lowest BCUT2D eigenvalue weighted by atomic mass is 10.1. The van der Waals surface area contributed by atoms with E-state index in [1.54, 1.807) is 41.9 Å². The van der Waals surface area contributed by atoms with Gasteiger partial charge in [0.2, 0.25) is 0 Å². The molecule has 0 aromatic carbocycles. The summed E-state index contributed by atoms with van der Waals surface area (Å²) >= 11 is 0. The number of pyridine rings is 1. The Morgan fingerprint density at radius 2 is 2.09 bits per heavy atom. The number of amides is 1. The second-order valence-electron chi connectivity index (χ2n) is 8.19. The predicted molar refractivity (Wildman–Crippen MR) is 121 cm³/mol. The molecule has 4 aromatic heterocycles. The Hall–Kier alpha value is -4.29. The van der Waals surface area contributed by atoms with E-state index in [-0.39, 0.29) is 24.1 Å². The molecule has 1 aliphatic rings. The van der Waals surface area contributed by atoms with Crippen LogP contribution in [0.1, 0.15) is 24.5 Å². The average Bonchev–Trinajstić information content (AvgIpc) is 3.34. The van der Waals surface area contributed by atoms with Gasteiger partial charge in [-0.3, -0.25) is 0 Å². The summed E-state index contributed by atoms with van der Waals surface area (Å²) in [5.41, 5.74) is 2.01. The van der Waals surface area contributed by atoms with Crippen LogP contribution in [-0.4, -0.2) is 64.7 Å². The zero-order chi connectivity index (χ0) is 24.7. The van der Waals surface area contributed by atoms with Gasteiger partial charge >= 0.3 is 12.6 Å². The Bertz CT molecular complexity index is 1380. The molecule has 5 rings (SSSR count). The highest BCUT2D eigenvalue weighted by atomic mass is 19.3. The van der Waals surface area contributed by atoms with Crippen LogP contribution in [0.15, 0.2) is 36.7 Å². The van der Waals surface area contributed by atoms with Crippen LogP contribution in [0, 0.1) is 13.8 Å². The Balaban J connectivity index is 1.43. The fourth-order valence-corrected chi connectivity index (χ4v) is 4.04. The number of alkyl halides is 2. The van der Waals surface area contributed by atoms with E-state index in [4.69, 9.17) is 9.84 Å². The van der Waals surface area contributed by atoms with Gasteiger partial charge in [0.25, 0.3) is 0 Å². The predicted octanol–water partition coefficient (Wildman–Crippen LogP) is 3.87. The molecule has 1 aliphatic heterocycles. The van der Waals surface area contributed by atoms with Crippen LogP contribution in [-0.2, 0) is 0 Å². The molecule has 5 heterocycles. The fourth-order valence-electron chi connectivity index (χ4n) is 4.04. The largest absolute Gasteiger partial charge is 0.487 e. The number of ether oxygens (including phenoxy) is 1. The minimum atomic E-state index is -2.89. The maximum Gasteiger partial charge on any atom is 0.407 e. The molecule has 1 saturated heterocycles. The first-order valence-corrected chi connectivity index (χ1v) is 10.9. The molecule has 1 fully saturated rings. The van der Waals surface area contributed by atoms with Gasteiger partial charge in [0.05, 0.1) is 17.8 Å². The van der Waals surface area contributed by atoms with Crippen LogP contribution in [0.2, 0.25) is 0 Å². The summed E-state index contributed by atoms with van der Waals surface area (Å²) < 4.78 is 35.4. The van der Waals surface area contributed by atoms with Crippen molar-refractivity contribution in [1.82, 2.24) is 34.3 Å². The Morgan fingerprint density at radius 1 is 1.26 bits per heavy atom. The highest BCUT2D eigenvalue weighted by molar-refractivity contribution is 5.73. The van der Waals surface area contributed by atoms with Gasteiger partial charge in [-0.2, -0.15) is 23.7 Å². The molecule has 13 heteroatoms. The normalized spacial score (nSPS) is 15.5. The lowest BCUT2D eigenvalue weighted by Crippen LogP contribution is -2.53. The number of carboxylic acid groups (broad SMARTS) is 1. The standard InChI is InChI=1S/C22H22F2N8O3/c1-12-7-18(27-13(2)26-12)28-19-9-16-8-14(3-6-31(16)29-19)20-17(10-25-32(20)21(23)24)35-11-15-4-5-30(15)22(33)34/h3,6-10,15,21H,4-5,11H2,1-2H3,(H,33,34)(H,26,27,28,29). The van der Waals surface area contributed by atoms with E-state index in [2.05, 4.69) is 25.5 Å². The van der Waals surface area contributed by atoms with Crippen LogP contribution >= 0.6 is 0 Å². The monoisotopic (exact) mass is 484 g/mol. The molecular weight excluding hydrogens is 462 g/mol. The summed E-state index contributed by atoms with van der Waals surface area (Å²) in [6, 6.07) is 6.57. The van der Waals surface area contributed by atoms with E-state index < -0.39 is 12.6 Å². The van der Waals surface area contributed by atoms with Gasteiger partial charge in [-0.25, -0.2) is 19.3 Å². The van der Waals surface area contributed by atoms with Crippen molar-refractivity contribution in [3.8, 4) is 17.0 Å². The molecule has 0 radical (unpaired) electrons. The molecule has 0 aliphatic carbocycles. The number of likely N-dealkylation sites (tertiary alicyclic amines) is 1. The van der Waals surface area contributed by atoms with E-state index in [0.717, 1.165) is 5.69 Å². The molecule has 0 saturated carbocycles. The molecule has 1 atom stereocenters. The Kier molecular flexibility index (Phi) is 5.67. The average molecular weight is 484 g/mol. The smallest absolute Gasteiger partial charge is 0.407 e. The molecule has 4 aromatic rings. The van der Waals surface area contributed by atoms with Crippen molar-refractivity contribution in [2.45, 2.75) is 32.9 Å². The van der Waals surface area contributed by atoms with Gasteiger partial charge in [0.1, 0.15) is 23.9 Å². The SMILES string of the molecule is Cc1cc(Nc2cc3cc(-c4c(OCC5CCN5C(=O)O)cnn4C(F)F)ccn3n2)nc(C)n1. The summed E-state index contributed by atoms with van der Waals surface area (Å²) in [6.45, 7) is 1.25. The number of aromatic nitrogens is 6. The van der Waals surface area contributed by atoms with Gasteiger partial charge in [-0.05, 0) is 32.4 Å². The Morgan fingerprint density at radius 3 is 2.77 bits per heavy atom. The highest BCUT2D eigenvalue weighted by Crippen LogP contribution is 2.34. The zero-order valence-corrected chi connectivity index (χ0v) is 18.9. The van der Waals surface area contributed by atoms with E-state index >= 15 is 0 Å². The molecule has 11 nitrogen and oxygen atoms in total. The van der Waals surface area contributed by atoms with Gasteiger partial charge in [-0.1, -0.05) is 0 Å². The number of carbonyl (C=O) groups is 1. The van der Waals surface area contributed by atoms with Gasteiger partial charge < -0.3 is 20.1 Å². The van der Waals surface area contributed by atoms with Gasteiger partial charge in [0.15, 0.2) is 11.6 Å². The minimum Gasteiger partial charge on any atom is -0.487 e. The molecule has 182 valence electrons. The summed E-state index contributed by atoms with van der Waals surface area (Å²) in [5, 5.41) is 20.5. The lowest BCUT2D eigenvalue weighted by Gasteiger charge is -2.38. The second kappa shape index (κ2) is 8.81. The number of aryl methyl sites for hydroxylation is 2. The van der Waals surface area contributed by atoms with E-state index in [0.29, 0.717) is 46.2 Å². The summed E-state index contributed by atoms with van der Waals surface area (Å²) in [7, 11) is 0. The number of hydrogen-bond donors (Lipinski definition) is 2. The first-order valence-electron chi connectivity index (χ1n) is 10.9. The summed E-state index contributed by atoms with van der Waals surface area (Å²) in [4.78, 5) is 21.0. The minimum absolute atomic E-state index is 0.0506. The quantitative estimate of drug-likeness (QED) is 0.405. The zero-order valence-electron chi connectivity index (χ0n) is 18.9. The molecule has 2 N–H and O–H groups in total. The van der Waals surface area contributed by atoms with Gasteiger partial charge in [0, 0.05) is 36.1 Å². The number of nitrogens with zero attached hydrogens (tertiary/aromatic N) is 7. The third-order valence-corrected chi connectivity index (χ3v) is 5.73. The molecule has 0 bridgehead atoms. The van der Waals surface area contributed by atoms with E-state index in [9.17, 15) is 13.6 Å². The molecule has 1 amide bonds. The van der Waals surface area contributed by atoms with Crippen molar-refractivity contribution >= 4 is 23.2 Å². The third kappa shape index (κ3) is 4.44. The van der Waals surface area contributed by atoms with Crippen molar-refractivity contribution in [2.24, 2.45) is 0 Å². The van der Waals surface area contributed by atoms with Crippen molar-refractivity contribution in [3.05, 3.63) is 48.2 Å². The maximum atomic E-state index is 13.7. The van der Waals surface area contributed by atoms with Crippen LogP contribution in [0.5, 0.6) is 5.75 Å². The summed E-state index contributed by atoms with van der Waals surface area (Å²) in [5.74, 6) is 1.89. The van der Waals surface area contributed by atoms with Crippen LogP contribution in [0.25, 0.3) is 16.8 Å². The van der Waals surface area contributed by atoms with Crippen molar-refractivity contribution < 1.29 is 23.4 Å². The number of hydrogen-bond acceptors (Lipinski definition) is 7. The third-order valence-electron chi connectivity index (χ3n) is 5.73. The molecule has 35 heavy (non-hydrogen) atoms. The van der Waals surface area contributed by atoms with Crippen molar-refractivity contribution in [2.75, 3.05) is 18.5 Å². The molecule has 1 unspecified atom stereocenters. The number of halogens is 2. The maximum absolute atomic E-state index is 13.7. The molecular formula is C22H22F2N8O3. The van der Waals surface area contributed by atoms with E-state index in [1.165, 1.54) is 11.1 Å².